The van der Waals surface area contributed by atoms with E-state index in [0.29, 0.717) is 48.6 Å². The van der Waals surface area contributed by atoms with Crippen molar-refractivity contribution in [3.05, 3.63) is 90.4 Å². The molecule has 2 heterocycles. The van der Waals surface area contributed by atoms with Crippen LogP contribution in [0.15, 0.2) is 83.3 Å². The fourth-order valence-corrected chi connectivity index (χ4v) is 4.26. The zero-order valence-electron chi connectivity index (χ0n) is 19.8. The number of halogens is 1. The fraction of sp³-hybridized carbons (Fsp3) is 0.214. The number of carbonyl (C=O) groups is 2. The van der Waals surface area contributed by atoms with E-state index in [1.807, 2.05) is 30.3 Å². The highest BCUT2D eigenvalue weighted by atomic mass is 19.1. The van der Waals surface area contributed by atoms with Crippen LogP contribution in [0.4, 0.5) is 15.8 Å². The van der Waals surface area contributed by atoms with E-state index in [1.54, 1.807) is 48.2 Å². The van der Waals surface area contributed by atoms with Crippen LogP contribution in [0.5, 0.6) is 5.75 Å². The van der Waals surface area contributed by atoms with Gasteiger partial charge in [-0.25, -0.2) is 4.39 Å². The Labute approximate surface area is 208 Å². The Bertz CT molecular complexity index is 1360. The van der Waals surface area contributed by atoms with Crippen LogP contribution in [0.25, 0.3) is 11.0 Å². The van der Waals surface area contributed by atoms with Gasteiger partial charge in [0.1, 0.15) is 22.8 Å². The first-order valence-electron chi connectivity index (χ1n) is 11.8. The van der Waals surface area contributed by atoms with Gasteiger partial charge in [-0.3, -0.25) is 9.59 Å². The van der Waals surface area contributed by atoms with Crippen LogP contribution >= 0.6 is 0 Å². The molecule has 3 aromatic carbocycles. The monoisotopic (exact) mass is 487 g/mol. The molecule has 36 heavy (non-hydrogen) atoms. The number of fused-ring (bicyclic) bond motifs is 1. The van der Waals surface area contributed by atoms with Crippen molar-refractivity contribution < 1.29 is 23.1 Å². The average molecular weight is 488 g/mol. The summed E-state index contributed by atoms with van der Waals surface area (Å²) in [5.74, 6) is -0.299. The minimum Gasteiger partial charge on any atom is -0.481 e. The van der Waals surface area contributed by atoms with Crippen LogP contribution in [0.3, 0.4) is 0 Å². The second-order valence-corrected chi connectivity index (χ2v) is 8.62. The normalized spacial score (nSPS) is 14.5. The largest absolute Gasteiger partial charge is 0.481 e. The van der Waals surface area contributed by atoms with Gasteiger partial charge in [0.25, 0.3) is 11.8 Å². The maximum atomic E-state index is 13.5. The van der Waals surface area contributed by atoms with E-state index >= 15 is 0 Å². The number of para-hydroxylation sites is 2. The number of ether oxygens (including phenoxy) is 1. The Morgan fingerprint density at radius 3 is 2.31 bits per heavy atom. The highest BCUT2D eigenvalue weighted by Gasteiger charge is 2.30. The highest BCUT2D eigenvalue weighted by Crippen LogP contribution is 2.32. The van der Waals surface area contributed by atoms with Gasteiger partial charge in [0, 0.05) is 37.3 Å². The highest BCUT2D eigenvalue weighted by molar-refractivity contribution is 6.11. The van der Waals surface area contributed by atoms with E-state index in [-0.39, 0.29) is 23.4 Å². The lowest BCUT2D eigenvalue weighted by molar-refractivity contribution is -0.122. The Balaban J connectivity index is 1.33. The van der Waals surface area contributed by atoms with Crippen molar-refractivity contribution in [3.8, 4) is 5.75 Å². The molecule has 1 N–H and O–H groups in total. The van der Waals surface area contributed by atoms with Gasteiger partial charge < -0.3 is 24.3 Å². The maximum absolute atomic E-state index is 13.5. The third-order valence-electron chi connectivity index (χ3n) is 6.22. The molecule has 2 amide bonds. The number of nitrogens with zero attached hydrogens (tertiary/aromatic N) is 2. The first kappa shape index (κ1) is 23.4. The number of hydrogen-bond donors (Lipinski definition) is 1. The smallest absolute Gasteiger partial charge is 0.291 e. The second-order valence-electron chi connectivity index (χ2n) is 8.62. The number of hydrogen-bond acceptors (Lipinski definition) is 5. The number of furan rings is 1. The predicted octanol–water partition coefficient (Wildman–Crippen LogP) is 4.94. The van der Waals surface area contributed by atoms with Gasteiger partial charge in [-0.15, -0.1) is 0 Å². The Kier molecular flexibility index (Phi) is 6.58. The molecule has 1 aromatic heterocycles. The number of rotatable bonds is 6. The van der Waals surface area contributed by atoms with Gasteiger partial charge in [-0.05, 0) is 55.5 Å². The van der Waals surface area contributed by atoms with Crippen LogP contribution in [0.2, 0.25) is 0 Å². The molecule has 4 aromatic rings. The van der Waals surface area contributed by atoms with Crippen LogP contribution < -0.4 is 15.0 Å². The minimum atomic E-state index is -0.789. The molecule has 0 spiro atoms. The van der Waals surface area contributed by atoms with Crippen molar-refractivity contribution >= 4 is 34.2 Å². The van der Waals surface area contributed by atoms with E-state index in [0.717, 1.165) is 5.69 Å². The van der Waals surface area contributed by atoms with E-state index in [9.17, 15) is 14.0 Å². The zero-order chi connectivity index (χ0) is 25.1. The van der Waals surface area contributed by atoms with Gasteiger partial charge in [0.2, 0.25) is 5.76 Å². The molecule has 0 radical (unpaired) electrons. The Hall–Kier alpha value is -4.33. The summed E-state index contributed by atoms with van der Waals surface area (Å²) in [7, 11) is 0. The number of anilines is 2. The third kappa shape index (κ3) is 4.88. The SMILES string of the molecule is C[C@H](Oc1ccccc1)C(=O)Nc1c(C(=O)N2CCN(c3ccc(F)cc3)CC2)oc2ccccc12. The fourth-order valence-electron chi connectivity index (χ4n) is 4.26. The summed E-state index contributed by atoms with van der Waals surface area (Å²) < 4.78 is 24.9. The summed E-state index contributed by atoms with van der Waals surface area (Å²) in [4.78, 5) is 30.3. The number of benzene rings is 3. The quantitative estimate of drug-likeness (QED) is 0.417. The van der Waals surface area contributed by atoms with Crippen molar-refractivity contribution in [3.63, 3.8) is 0 Å². The summed E-state index contributed by atoms with van der Waals surface area (Å²) in [6.45, 7) is 3.78. The molecule has 1 aliphatic heterocycles. The van der Waals surface area contributed by atoms with E-state index in [1.165, 1.54) is 12.1 Å². The molecule has 0 aliphatic carbocycles. The third-order valence-corrected chi connectivity index (χ3v) is 6.22. The summed E-state index contributed by atoms with van der Waals surface area (Å²) in [5.41, 5.74) is 1.76. The van der Waals surface area contributed by atoms with Gasteiger partial charge in [0.05, 0.1) is 0 Å². The van der Waals surface area contributed by atoms with Crippen molar-refractivity contribution in [1.29, 1.82) is 0 Å². The predicted molar refractivity (Wildman–Crippen MR) is 136 cm³/mol. The van der Waals surface area contributed by atoms with E-state index in [2.05, 4.69) is 10.2 Å². The molecular weight excluding hydrogens is 461 g/mol. The van der Waals surface area contributed by atoms with E-state index < -0.39 is 6.10 Å². The lowest BCUT2D eigenvalue weighted by atomic mass is 10.2. The van der Waals surface area contributed by atoms with Crippen LogP contribution in [0, 0.1) is 5.82 Å². The molecule has 1 aliphatic rings. The van der Waals surface area contributed by atoms with Crippen LogP contribution in [-0.2, 0) is 4.79 Å². The molecular formula is C28H26FN3O4. The number of carbonyl (C=O) groups excluding carboxylic acids is 2. The zero-order valence-corrected chi connectivity index (χ0v) is 19.8. The molecule has 184 valence electrons. The first-order chi connectivity index (χ1) is 17.5. The molecule has 0 saturated carbocycles. The van der Waals surface area contributed by atoms with Gasteiger partial charge in [0.15, 0.2) is 6.10 Å². The molecule has 0 bridgehead atoms. The lowest BCUT2D eigenvalue weighted by Gasteiger charge is -2.35. The Morgan fingerprint density at radius 2 is 1.58 bits per heavy atom. The lowest BCUT2D eigenvalue weighted by Crippen LogP contribution is -2.48. The number of piperazine rings is 1. The topological polar surface area (TPSA) is 75.0 Å². The summed E-state index contributed by atoms with van der Waals surface area (Å²) >= 11 is 0. The summed E-state index contributed by atoms with van der Waals surface area (Å²) in [5, 5.41) is 3.51. The number of amides is 2. The van der Waals surface area contributed by atoms with Crippen molar-refractivity contribution in [1.82, 2.24) is 4.90 Å². The molecule has 1 atom stereocenters. The van der Waals surface area contributed by atoms with Crippen molar-refractivity contribution in [2.75, 3.05) is 36.4 Å². The molecule has 5 rings (SSSR count). The molecule has 1 saturated heterocycles. The first-order valence-corrected chi connectivity index (χ1v) is 11.8. The molecule has 7 nitrogen and oxygen atoms in total. The average Bonchev–Trinajstić information content (AvgIpc) is 3.27. The van der Waals surface area contributed by atoms with Crippen LogP contribution in [0.1, 0.15) is 17.5 Å². The molecule has 0 unspecified atom stereocenters. The summed E-state index contributed by atoms with van der Waals surface area (Å²) in [6, 6.07) is 22.6. The molecule has 1 fully saturated rings. The van der Waals surface area contributed by atoms with E-state index in [4.69, 9.17) is 9.15 Å². The molecule has 8 heteroatoms. The van der Waals surface area contributed by atoms with Gasteiger partial charge in [-0.2, -0.15) is 0 Å². The van der Waals surface area contributed by atoms with Crippen LogP contribution in [-0.4, -0.2) is 49.0 Å². The van der Waals surface area contributed by atoms with Crippen molar-refractivity contribution in [2.45, 2.75) is 13.0 Å². The van der Waals surface area contributed by atoms with Crippen molar-refractivity contribution in [2.24, 2.45) is 0 Å². The van der Waals surface area contributed by atoms with Gasteiger partial charge >= 0.3 is 0 Å². The minimum absolute atomic E-state index is 0.0895. The number of nitrogens with one attached hydrogen (secondary N) is 1. The summed E-state index contributed by atoms with van der Waals surface area (Å²) in [6.07, 6.45) is -0.789. The maximum Gasteiger partial charge on any atom is 0.291 e. The Morgan fingerprint density at radius 1 is 0.917 bits per heavy atom. The second kappa shape index (κ2) is 10.1. The standard InChI is InChI=1S/C28H26FN3O4/c1-19(35-22-7-3-2-4-8-22)27(33)30-25-23-9-5-6-10-24(23)36-26(25)28(34)32-17-15-31(16-18-32)21-13-11-20(29)12-14-21/h2-14,19H,15-18H2,1H3,(H,30,33)/t19-/m0/s1. The van der Waals surface area contributed by atoms with Gasteiger partial charge in [-0.1, -0.05) is 30.3 Å².